The Balaban J connectivity index is 1.09. The zero-order valence-electron chi connectivity index (χ0n) is 30.0. The topological polar surface area (TPSA) is 38.9 Å². The van der Waals surface area contributed by atoms with E-state index in [4.69, 9.17) is 14.4 Å². The highest BCUT2D eigenvalue weighted by atomic mass is 16.3. The molecule has 0 radical (unpaired) electrons. The van der Waals surface area contributed by atoms with Crippen molar-refractivity contribution in [2.24, 2.45) is 0 Å². The van der Waals surface area contributed by atoms with Crippen molar-refractivity contribution in [2.45, 2.75) is 19.3 Å². The lowest BCUT2D eigenvalue weighted by atomic mass is 9.79. The fourth-order valence-electron chi connectivity index (χ4n) is 8.97. The molecule has 0 amide bonds. The van der Waals surface area contributed by atoms with E-state index in [0.29, 0.717) is 5.82 Å². The molecule has 0 aliphatic heterocycles. The van der Waals surface area contributed by atoms with Crippen LogP contribution in [-0.4, -0.2) is 9.97 Å². The van der Waals surface area contributed by atoms with Gasteiger partial charge >= 0.3 is 0 Å². The number of rotatable bonds is 4. The second kappa shape index (κ2) is 11.6. The number of nitrogens with zero attached hydrogens (tertiary/aromatic N) is 2. The second-order valence-electron chi connectivity index (χ2n) is 14.9. The van der Waals surface area contributed by atoms with Crippen molar-refractivity contribution in [1.29, 1.82) is 0 Å². The molecule has 10 aromatic rings. The summed E-state index contributed by atoms with van der Waals surface area (Å²) in [5.74, 6) is 0.689. The first-order valence-corrected chi connectivity index (χ1v) is 18.6. The molecule has 2 heterocycles. The van der Waals surface area contributed by atoms with Gasteiger partial charge < -0.3 is 4.42 Å². The minimum Gasteiger partial charge on any atom is -0.456 e. The number of hydrogen-bond acceptors (Lipinski definition) is 3. The number of hydrogen-bond donors (Lipinski definition) is 0. The number of aromatic nitrogens is 2. The van der Waals surface area contributed by atoms with Crippen LogP contribution in [0.4, 0.5) is 0 Å². The predicted octanol–water partition coefficient (Wildman–Crippen LogP) is 13.7. The van der Waals surface area contributed by atoms with Gasteiger partial charge in [-0.25, -0.2) is 9.97 Å². The van der Waals surface area contributed by atoms with Crippen molar-refractivity contribution in [3.8, 4) is 56.2 Å². The fraction of sp³-hybridized carbons (Fsp3) is 0.0588. The molecule has 0 spiro atoms. The Bertz CT molecular complexity index is 3130. The van der Waals surface area contributed by atoms with E-state index in [9.17, 15) is 0 Å². The van der Waals surface area contributed by atoms with Crippen LogP contribution in [0.15, 0.2) is 174 Å². The van der Waals surface area contributed by atoms with E-state index >= 15 is 0 Å². The molecule has 0 unspecified atom stereocenters. The summed E-state index contributed by atoms with van der Waals surface area (Å²) in [7, 11) is 0. The lowest BCUT2D eigenvalue weighted by molar-refractivity contribution is 0.666. The minimum absolute atomic E-state index is 0.133. The van der Waals surface area contributed by atoms with Gasteiger partial charge in [0, 0.05) is 32.9 Å². The second-order valence-corrected chi connectivity index (χ2v) is 14.9. The third-order valence-electron chi connectivity index (χ3n) is 11.5. The molecule has 0 N–H and O–H groups in total. The summed E-state index contributed by atoms with van der Waals surface area (Å²) in [5.41, 5.74) is 14.3. The molecule has 0 bridgehead atoms. The first-order chi connectivity index (χ1) is 26.5. The summed E-state index contributed by atoms with van der Waals surface area (Å²) in [4.78, 5) is 10.5. The van der Waals surface area contributed by atoms with Gasteiger partial charge in [-0.1, -0.05) is 159 Å². The molecule has 3 nitrogen and oxygen atoms in total. The van der Waals surface area contributed by atoms with Gasteiger partial charge in [-0.2, -0.15) is 0 Å². The highest BCUT2D eigenvalue weighted by molar-refractivity contribution is 6.12. The van der Waals surface area contributed by atoms with Crippen LogP contribution >= 0.6 is 0 Å². The van der Waals surface area contributed by atoms with E-state index in [0.717, 1.165) is 55.4 Å². The highest BCUT2D eigenvalue weighted by Crippen LogP contribution is 2.52. The Labute approximate surface area is 313 Å². The fourth-order valence-corrected chi connectivity index (χ4v) is 8.97. The van der Waals surface area contributed by atoms with Gasteiger partial charge in [0.2, 0.25) is 0 Å². The van der Waals surface area contributed by atoms with Gasteiger partial charge in [0.05, 0.1) is 11.4 Å². The van der Waals surface area contributed by atoms with Crippen LogP contribution in [0, 0.1) is 0 Å². The van der Waals surface area contributed by atoms with E-state index in [1.54, 1.807) is 0 Å². The smallest absolute Gasteiger partial charge is 0.160 e. The van der Waals surface area contributed by atoms with E-state index < -0.39 is 0 Å². The standard InChI is InChI=1S/C51H34N2O/c1-51(2)43-29-33(24-25-38(43)40-26-23-31-13-6-7-16-35(31)49(40)51)34-27-28-39(37-18-9-8-17-36(34)37)44-30-45(53-50(52-44)32-14-4-3-5-15-32)41-20-12-22-47-48(41)42-19-10-11-21-46(42)54-47/h3-30H,1-2H3. The molecule has 11 rings (SSSR count). The highest BCUT2D eigenvalue weighted by Gasteiger charge is 2.37. The predicted molar refractivity (Wildman–Crippen MR) is 224 cm³/mol. The number of benzene rings is 8. The Hall–Kier alpha value is -6.84. The van der Waals surface area contributed by atoms with Crippen molar-refractivity contribution in [1.82, 2.24) is 9.97 Å². The van der Waals surface area contributed by atoms with Crippen molar-refractivity contribution < 1.29 is 4.42 Å². The van der Waals surface area contributed by atoms with Gasteiger partial charge in [-0.15, -0.1) is 0 Å². The Morgan fingerprint density at radius 1 is 0.426 bits per heavy atom. The van der Waals surface area contributed by atoms with Crippen molar-refractivity contribution in [3.63, 3.8) is 0 Å². The molecule has 8 aromatic carbocycles. The van der Waals surface area contributed by atoms with Crippen LogP contribution in [-0.2, 0) is 5.41 Å². The van der Waals surface area contributed by atoms with Crippen LogP contribution in [0.25, 0.3) is 99.6 Å². The Morgan fingerprint density at radius 2 is 1.06 bits per heavy atom. The van der Waals surface area contributed by atoms with Crippen LogP contribution in [0.3, 0.4) is 0 Å². The molecule has 0 saturated carbocycles. The van der Waals surface area contributed by atoms with Crippen LogP contribution in [0.2, 0.25) is 0 Å². The lowest BCUT2D eigenvalue weighted by Crippen LogP contribution is -2.15. The summed E-state index contributed by atoms with van der Waals surface area (Å²) < 4.78 is 6.29. The maximum Gasteiger partial charge on any atom is 0.160 e. The van der Waals surface area contributed by atoms with Crippen molar-refractivity contribution in [3.05, 3.63) is 181 Å². The van der Waals surface area contributed by atoms with Gasteiger partial charge in [-0.3, -0.25) is 0 Å². The van der Waals surface area contributed by atoms with Crippen molar-refractivity contribution in [2.75, 3.05) is 0 Å². The van der Waals surface area contributed by atoms with E-state index in [-0.39, 0.29) is 5.41 Å². The van der Waals surface area contributed by atoms with Gasteiger partial charge in [-0.05, 0) is 79.2 Å². The maximum atomic E-state index is 6.29. The van der Waals surface area contributed by atoms with Crippen LogP contribution < -0.4 is 0 Å². The van der Waals surface area contributed by atoms with Gasteiger partial charge in [0.25, 0.3) is 0 Å². The normalized spacial score (nSPS) is 13.1. The molecular formula is C51H34N2O. The van der Waals surface area contributed by atoms with Gasteiger partial charge in [0.15, 0.2) is 5.82 Å². The van der Waals surface area contributed by atoms with Crippen molar-refractivity contribution >= 4 is 43.5 Å². The zero-order valence-corrected chi connectivity index (χ0v) is 30.0. The number of para-hydroxylation sites is 1. The third-order valence-corrected chi connectivity index (χ3v) is 11.5. The SMILES string of the molecule is CC1(C)c2cc(-c3ccc(-c4cc(-c5cccc6oc7ccccc7c56)nc(-c5ccccc5)n4)c4ccccc34)ccc2-c2ccc3ccccc3c21. The molecular weight excluding hydrogens is 657 g/mol. The molecule has 2 aromatic heterocycles. The zero-order chi connectivity index (χ0) is 36.0. The summed E-state index contributed by atoms with van der Waals surface area (Å²) in [6, 6.07) is 60.5. The molecule has 54 heavy (non-hydrogen) atoms. The Morgan fingerprint density at radius 3 is 1.89 bits per heavy atom. The quantitative estimate of drug-likeness (QED) is 0.184. The summed E-state index contributed by atoms with van der Waals surface area (Å²) in [6.45, 7) is 4.75. The average molecular weight is 691 g/mol. The maximum absolute atomic E-state index is 6.29. The van der Waals surface area contributed by atoms with Crippen LogP contribution in [0.5, 0.6) is 0 Å². The van der Waals surface area contributed by atoms with Crippen LogP contribution in [0.1, 0.15) is 25.0 Å². The monoisotopic (exact) mass is 690 g/mol. The number of furan rings is 1. The molecule has 1 aliphatic carbocycles. The lowest BCUT2D eigenvalue weighted by Gasteiger charge is -2.24. The molecule has 254 valence electrons. The first-order valence-electron chi connectivity index (χ1n) is 18.6. The summed E-state index contributed by atoms with van der Waals surface area (Å²) in [6.07, 6.45) is 0. The van der Waals surface area contributed by atoms with E-state index in [1.165, 1.54) is 49.5 Å². The first kappa shape index (κ1) is 30.8. The summed E-state index contributed by atoms with van der Waals surface area (Å²) in [5, 5.41) is 7.11. The molecule has 0 saturated heterocycles. The Kier molecular flexibility index (Phi) is 6.60. The molecule has 1 aliphatic rings. The van der Waals surface area contributed by atoms with E-state index in [2.05, 4.69) is 141 Å². The largest absolute Gasteiger partial charge is 0.456 e. The minimum atomic E-state index is -0.133. The average Bonchev–Trinajstić information content (AvgIpc) is 3.72. The van der Waals surface area contributed by atoms with E-state index in [1.807, 2.05) is 42.5 Å². The number of fused-ring (bicyclic) bond motifs is 9. The van der Waals surface area contributed by atoms with Gasteiger partial charge in [0.1, 0.15) is 11.2 Å². The third kappa shape index (κ3) is 4.55. The molecule has 0 fully saturated rings. The summed E-state index contributed by atoms with van der Waals surface area (Å²) >= 11 is 0. The molecule has 0 atom stereocenters. The molecule has 3 heteroatoms.